The fourth-order valence-corrected chi connectivity index (χ4v) is 1.97. The first kappa shape index (κ1) is 12.9. The second-order valence-electron chi connectivity index (χ2n) is 4.17. The van der Waals surface area contributed by atoms with Crippen molar-refractivity contribution in [3.8, 4) is 0 Å². The number of hydrogen-bond acceptors (Lipinski definition) is 3. The lowest BCUT2D eigenvalue weighted by molar-refractivity contribution is 0.281. The Morgan fingerprint density at radius 3 is 2.78 bits per heavy atom. The van der Waals surface area contributed by atoms with Crippen molar-refractivity contribution in [3.63, 3.8) is 0 Å². The van der Waals surface area contributed by atoms with Crippen molar-refractivity contribution in [3.05, 3.63) is 58.7 Å². The Kier molecular flexibility index (Phi) is 4.18. The van der Waals surface area contributed by atoms with Crippen LogP contribution in [0.15, 0.2) is 42.6 Å². The average Bonchev–Trinajstić information content (AvgIpc) is 2.39. The number of halogens is 1. The van der Waals surface area contributed by atoms with Gasteiger partial charge in [0.25, 0.3) is 0 Å². The molecule has 0 atom stereocenters. The Bertz CT molecular complexity index is 531. The fraction of sp³-hybridized carbons (Fsp3) is 0.214. The molecule has 2 rings (SSSR count). The summed E-state index contributed by atoms with van der Waals surface area (Å²) >= 11 is 5.95. The summed E-state index contributed by atoms with van der Waals surface area (Å²) in [5.74, 6) is 0.835. The van der Waals surface area contributed by atoms with Gasteiger partial charge in [-0.3, -0.25) is 0 Å². The average molecular weight is 263 g/mol. The summed E-state index contributed by atoms with van der Waals surface area (Å²) in [5.41, 5.74) is 1.99. The summed E-state index contributed by atoms with van der Waals surface area (Å²) in [5, 5.41) is 9.84. The van der Waals surface area contributed by atoms with Crippen molar-refractivity contribution < 1.29 is 5.11 Å². The van der Waals surface area contributed by atoms with E-state index in [1.54, 1.807) is 12.3 Å². The molecule has 0 spiro atoms. The molecule has 0 aliphatic heterocycles. The zero-order valence-electron chi connectivity index (χ0n) is 10.2. The molecule has 0 radical (unpaired) electrons. The highest BCUT2D eigenvalue weighted by Gasteiger charge is 2.04. The minimum absolute atomic E-state index is 0.0283. The van der Waals surface area contributed by atoms with E-state index in [-0.39, 0.29) is 6.61 Å². The second kappa shape index (κ2) is 5.85. The molecule has 94 valence electrons. The van der Waals surface area contributed by atoms with Gasteiger partial charge in [-0.2, -0.15) is 0 Å². The normalized spacial score (nSPS) is 10.4. The molecule has 4 heteroatoms. The molecule has 0 amide bonds. The molecule has 0 bridgehead atoms. The summed E-state index contributed by atoms with van der Waals surface area (Å²) in [7, 11) is 1.96. The van der Waals surface area contributed by atoms with Crippen molar-refractivity contribution in [2.45, 2.75) is 13.2 Å². The van der Waals surface area contributed by atoms with Crippen LogP contribution >= 0.6 is 11.6 Å². The zero-order valence-corrected chi connectivity index (χ0v) is 10.9. The third-order valence-corrected chi connectivity index (χ3v) is 2.93. The van der Waals surface area contributed by atoms with E-state index in [2.05, 4.69) is 4.98 Å². The fourth-order valence-electron chi connectivity index (χ4n) is 1.76. The van der Waals surface area contributed by atoms with Gasteiger partial charge in [-0.25, -0.2) is 4.98 Å². The van der Waals surface area contributed by atoms with Crippen LogP contribution in [0.1, 0.15) is 11.1 Å². The number of pyridine rings is 1. The summed E-state index contributed by atoms with van der Waals surface area (Å²) in [4.78, 5) is 6.31. The van der Waals surface area contributed by atoms with E-state index in [1.807, 2.05) is 42.3 Å². The van der Waals surface area contributed by atoms with E-state index in [4.69, 9.17) is 16.7 Å². The number of anilines is 1. The summed E-state index contributed by atoms with van der Waals surface area (Å²) in [6, 6.07) is 11.4. The van der Waals surface area contributed by atoms with Crippen LogP contribution in [0, 0.1) is 0 Å². The number of aliphatic hydroxyl groups is 1. The number of aromatic nitrogens is 1. The topological polar surface area (TPSA) is 36.4 Å². The smallest absolute Gasteiger partial charge is 0.128 e. The molecule has 1 N–H and O–H groups in total. The molecule has 0 aliphatic rings. The van der Waals surface area contributed by atoms with Gasteiger partial charge >= 0.3 is 0 Å². The van der Waals surface area contributed by atoms with Crippen LogP contribution in [-0.4, -0.2) is 17.1 Å². The molecule has 0 saturated heterocycles. The van der Waals surface area contributed by atoms with Crippen molar-refractivity contribution in [1.82, 2.24) is 4.98 Å². The molecule has 0 fully saturated rings. The van der Waals surface area contributed by atoms with Gasteiger partial charge in [0.2, 0.25) is 0 Å². The molecule has 2 aromatic rings. The zero-order chi connectivity index (χ0) is 13.0. The van der Waals surface area contributed by atoms with Crippen molar-refractivity contribution in [2.24, 2.45) is 0 Å². The van der Waals surface area contributed by atoms with E-state index in [9.17, 15) is 0 Å². The maximum atomic E-state index is 9.11. The van der Waals surface area contributed by atoms with Crippen LogP contribution in [0.25, 0.3) is 0 Å². The van der Waals surface area contributed by atoms with Gasteiger partial charge < -0.3 is 10.0 Å². The monoisotopic (exact) mass is 262 g/mol. The highest BCUT2D eigenvalue weighted by Crippen LogP contribution is 2.16. The predicted molar refractivity (Wildman–Crippen MR) is 73.7 cm³/mol. The molecule has 0 saturated carbocycles. The molecule has 18 heavy (non-hydrogen) atoms. The van der Waals surface area contributed by atoms with Crippen LogP contribution in [0.3, 0.4) is 0 Å². The first-order valence-corrected chi connectivity index (χ1v) is 6.08. The van der Waals surface area contributed by atoms with Crippen LogP contribution in [0.4, 0.5) is 5.82 Å². The Morgan fingerprint density at radius 2 is 2.06 bits per heavy atom. The molecule has 3 nitrogen and oxygen atoms in total. The SMILES string of the molecule is CN(Cc1cccc(Cl)c1)c1cc(CO)ccn1. The van der Waals surface area contributed by atoms with E-state index in [0.29, 0.717) is 0 Å². The predicted octanol–water partition coefficient (Wildman–Crippen LogP) is 2.86. The number of aliphatic hydroxyl groups excluding tert-OH is 1. The lowest BCUT2D eigenvalue weighted by Crippen LogP contribution is -2.17. The number of benzene rings is 1. The first-order valence-electron chi connectivity index (χ1n) is 5.70. The molecule has 1 aromatic carbocycles. The Labute approximate surface area is 112 Å². The summed E-state index contributed by atoms with van der Waals surface area (Å²) in [6.45, 7) is 0.753. The lowest BCUT2D eigenvalue weighted by atomic mass is 10.2. The lowest BCUT2D eigenvalue weighted by Gasteiger charge is -2.18. The van der Waals surface area contributed by atoms with Crippen LogP contribution in [-0.2, 0) is 13.2 Å². The van der Waals surface area contributed by atoms with Crippen molar-refractivity contribution in [2.75, 3.05) is 11.9 Å². The van der Waals surface area contributed by atoms with Crippen molar-refractivity contribution >= 4 is 17.4 Å². The molecule has 1 aromatic heterocycles. The molecular formula is C14H15ClN2O. The Morgan fingerprint density at radius 1 is 1.22 bits per heavy atom. The molecule has 0 unspecified atom stereocenters. The number of nitrogens with zero attached hydrogens (tertiary/aromatic N) is 2. The van der Waals surface area contributed by atoms with E-state index >= 15 is 0 Å². The molecule has 0 aliphatic carbocycles. The van der Waals surface area contributed by atoms with Gasteiger partial charge in [0.15, 0.2) is 0 Å². The number of hydrogen-bond donors (Lipinski definition) is 1. The van der Waals surface area contributed by atoms with Crippen LogP contribution in [0.5, 0.6) is 0 Å². The van der Waals surface area contributed by atoms with Crippen LogP contribution < -0.4 is 4.90 Å². The Balaban J connectivity index is 2.13. The maximum Gasteiger partial charge on any atom is 0.128 e. The van der Waals surface area contributed by atoms with Gasteiger partial charge in [0.05, 0.1) is 6.61 Å². The summed E-state index contributed by atoms with van der Waals surface area (Å²) < 4.78 is 0. The van der Waals surface area contributed by atoms with E-state index in [0.717, 1.165) is 28.5 Å². The highest BCUT2D eigenvalue weighted by molar-refractivity contribution is 6.30. The van der Waals surface area contributed by atoms with Gasteiger partial charge in [-0.15, -0.1) is 0 Å². The third kappa shape index (κ3) is 3.22. The second-order valence-corrected chi connectivity index (χ2v) is 4.60. The van der Waals surface area contributed by atoms with Crippen LogP contribution in [0.2, 0.25) is 5.02 Å². The first-order chi connectivity index (χ1) is 8.69. The highest BCUT2D eigenvalue weighted by atomic mass is 35.5. The third-order valence-electron chi connectivity index (χ3n) is 2.69. The van der Waals surface area contributed by atoms with E-state index in [1.165, 1.54) is 0 Å². The minimum atomic E-state index is 0.0283. The van der Waals surface area contributed by atoms with Gasteiger partial charge in [0.1, 0.15) is 5.82 Å². The largest absolute Gasteiger partial charge is 0.392 e. The van der Waals surface area contributed by atoms with Gasteiger partial charge in [0, 0.05) is 24.8 Å². The summed E-state index contributed by atoms with van der Waals surface area (Å²) in [6.07, 6.45) is 1.70. The number of rotatable bonds is 4. The standard InChI is InChI=1S/C14H15ClN2O/c1-17(9-11-3-2-4-13(15)7-11)14-8-12(10-18)5-6-16-14/h2-8,18H,9-10H2,1H3. The van der Waals surface area contributed by atoms with E-state index < -0.39 is 0 Å². The Hall–Kier alpha value is -1.58. The quantitative estimate of drug-likeness (QED) is 0.921. The van der Waals surface area contributed by atoms with Gasteiger partial charge in [-0.05, 0) is 35.4 Å². The maximum absolute atomic E-state index is 9.11. The molecule has 1 heterocycles. The van der Waals surface area contributed by atoms with Crippen molar-refractivity contribution in [1.29, 1.82) is 0 Å². The molecular weight excluding hydrogens is 248 g/mol. The minimum Gasteiger partial charge on any atom is -0.392 e. The van der Waals surface area contributed by atoms with Gasteiger partial charge in [-0.1, -0.05) is 23.7 Å².